The van der Waals surface area contributed by atoms with E-state index in [1.165, 1.54) is 77.5 Å². The van der Waals surface area contributed by atoms with Gasteiger partial charge in [0.1, 0.15) is 11.2 Å². The van der Waals surface area contributed by atoms with Crippen molar-refractivity contribution >= 4 is 49.8 Å². The third-order valence-electron chi connectivity index (χ3n) is 13.3. The van der Waals surface area contributed by atoms with E-state index in [-0.39, 0.29) is 5.41 Å². The lowest BCUT2D eigenvalue weighted by atomic mass is 9.81. The third kappa shape index (κ3) is 6.17. The zero-order valence-electron chi connectivity index (χ0n) is 35.2. The van der Waals surface area contributed by atoms with Gasteiger partial charge in [-0.05, 0) is 138 Å². The van der Waals surface area contributed by atoms with Gasteiger partial charge in [0.25, 0.3) is 0 Å². The number of rotatable bonds is 7. The molecule has 0 N–H and O–H groups in total. The van der Waals surface area contributed by atoms with Crippen LogP contribution in [0.4, 0.5) is 17.1 Å². The maximum Gasteiger partial charge on any atom is 0.135 e. The number of benzene rings is 10. The highest BCUT2D eigenvalue weighted by molar-refractivity contribution is 6.09. The summed E-state index contributed by atoms with van der Waals surface area (Å²) in [5, 5.41) is 4.73. The fraction of sp³-hybridized carbons (Fsp3) is 0.0492. The van der Waals surface area contributed by atoms with Crippen molar-refractivity contribution in [2.24, 2.45) is 0 Å². The molecule has 0 fully saturated rings. The molecule has 298 valence electrons. The van der Waals surface area contributed by atoms with Crippen molar-refractivity contribution in [1.82, 2.24) is 0 Å². The summed E-state index contributed by atoms with van der Waals surface area (Å²) in [6.07, 6.45) is 0. The Morgan fingerprint density at radius 1 is 0.302 bits per heavy atom. The molecule has 2 heteroatoms. The molecule has 1 aliphatic rings. The van der Waals surface area contributed by atoms with Crippen LogP contribution >= 0.6 is 0 Å². The Balaban J connectivity index is 0.938. The molecule has 0 radical (unpaired) electrons. The summed E-state index contributed by atoms with van der Waals surface area (Å²) in [6.45, 7) is 4.74. The van der Waals surface area contributed by atoms with E-state index in [1.807, 2.05) is 12.1 Å². The van der Waals surface area contributed by atoms with Gasteiger partial charge in [0, 0.05) is 33.2 Å². The maximum atomic E-state index is 6.17. The molecule has 0 aliphatic heterocycles. The van der Waals surface area contributed by atoms with Gasteiger partial charge in [-0.25, -0.2) is 0 Å². The van der Waals surface area contributed by atoms with Gasteiger partial charge in [0.15, 0.2) is 0 Å². The zero-order valence-corrected chi connectivity index (χ0v) is 35.2. The first-order chi connectivity index (χ1) is 31.0. The van der Waals surface area contributed by atoms with Crippen molar-refractivity contribution < 1.29 is 4.42 Å². The van der Waals surface area contributed by atoms with Gasteiger partial charge < -0.3 is 9.32 Å². The standard InChI is InChI=1S/C61H43NO/c1-61(2)57-38-44(41-15-7-4-8-16-41)25-32-53(57)54-33-31-48(39-58(54)61)62(46-27-21-42(22-28-46)40-13-5-3-6-14-40)47-29-23-43(24-30-47)49-34-35-50(52-18-10-9-17-51(49)52)45-26-36-60-56(37-45)55-19-11-12-20-59(55)63-60/h3-39H,1-2H3. The minimum absolute atomic E-state index is 0.177. The molecule has 11 aromatic rings. The Morgan fingerprint density at radius 2 is 0.746 bits per heavy atom. The van der Waals surface area contributed by atoms with Crippen molar-refractivity contribution in [2.75, 3.05) is 4.90 Å². The van der Waals surface area contributed by atoms with Crippen molar-refractivity contribution in [3.05, 3.63) is 236 Å². The van der Waals surface area contributed by atoms with Gasteiger partial charge in [0.05, 0.1) is 0 Å². The Morgan fingerprint density at radius 3 is 1.41 bits per heavy atom. The molecule has 0 amide bonds. The molecule has 0 spiro atoms. The lowest BCUT2D eigenvalue weighted by molar-refractivity contribution is 0.660. The topological polar surface area (TPSA) is 16.4 Å². The SMILES string of the molecule is CC1(C)c2cc(-c3ccccc3)ccc2-c2ccc(N(c3ccc(-c4ccccc4)cc3)c3ccc(-c4ccc(-c5ccc6oc7ccccc7c6c5)c5ccccc45)cc3)cc21. The number of para-hydroxylation sites is 1. The maximum absolute atomic E-state index is 6.17. The summed E-state index contributed by atoms with van der Waals surface area (Å²) in [5.74, 6) is 0. The first kappa shape index (κ1) is 36.9. The summed E-state index contributed by atoms with van der Waals surface area (Å²) in [6, 6.07) is 81.7. The number of nitrogens with zero attached hydrogens (tertiary/aromatic N) is 1. The van der Waals surface area contributed by atoms with Crippen LogP contribution < -0.4 is 4.90 Å². The van der Waals surface area contributed by atoms with E-state index >= 15 is 0 Å². The van der Waals surface area contributed by atoms with Gasteiger partial charge in [-0.15, -0.1) is 0 Å². The number of anilines is 3. The van der Waals surface area contributed by atoms with E-state index in [4.69, 9.17) is 4.42 Å². The van der Waals surface area contributed by atoms with Crippen LogP contribution in [0.2, 0.25) is 0 Å². The second-order valence-corrected chi connectivity index (χ2v) is 17.3. The molecule has 0 saturated heterocycles. The first-order valence-electron chi connectivity index (χ1n) is 21.8. The number of hydrogen-bond acceptors (Lipinski definition) is 2. The van der Waals surface area contributed by atoms with Crippen molar-refractivity contribution in [3.8, 4) is 55.6 Å². The highest BCUT2D eigenvalue weighted by atomic mass is 16.3. The van der Waals surface area contributed by atoms with Crippen molar-refractivity contribution in [3.63, 3.8) is 0 Å². The van der Waals surface area contributed by atoms with Crippen molar-refractivity contribution in [1.29, 1.82) is 0 Å². The number of fused-ring (bicyclic) bond motifs is 7. The van der Waals surface area contributed by atoms with Gasteiger partial charge >= 0.3 is 0 Å². The molecule has 0 bridgehead atoms. The van der Waals surface area contributed by atoms with Crippen LogP contribution in [0.1, 0.15) is 25.0 Å². The number of furan rings is 1. The predicted octanol–water partition coefficient (Wildman–Crippen LogP) is 17.2. The average molecular weight is 806 g/mol. The summed E-state index contributed by atoms with van der Waals surface area (Å²) in [4.78, 5) is 2.41. The second-order valence-electron chi connectivity index (χ2n) is 17.3. The van der Waals surface area contributed by atoms with Crippen molar-refractivity contribution in [2.45, 2.75) is 19.3 Å². The van der Waals surface area contributed by atoms with E-state index in [2.05, 4.69) is 231 Å². The van der Waals surface area contributed by atoms with E-state index in [1.54, 1.807) is 0 Å². The molecule has 2 nitrogen and oxygen atoms in total. The summed E-state index contributed by atoms with van der Waals surface area (Å²) >= 11 is 0. The van der Waals surface area contributed by atoms with E-state index in [0.29, 0.717) is 0 Å². The van der Waals surface area contributed by atoms with Gasteiger partial charge in [-0.1, -0.05) is 178 Å². The molecule has 0 saturated carbocycles. The summed E-state index contributed by atoms with van der Waals surface area (Å²) in [5.41, 5.74) is 20.0. The van der Waals surface area contributed by atoms with Gasteiger partial charge in [0.2, 0.25) is 0 Å². The fourth-order valence-electron chi connectivity index (χ4n) is 10.0. The van der Waals surface area contributed by atoms with Crippen LogP contribution in [0.25, 0.3) is 88.3 Å². The fourth-order valence-corrected chi connectivity index (χ4v) is 10.0. The molecule has 0 atom stereocenters. The van der Waals surface area contributed by atoms with E-state index in [0.717, 1.165) is 39.0 Å². The zero-order chi connectivity index (χ0) is 42.1. The third-order valence-corrected chi connectivity index (χ3v) is 13.3. The average Bonchev–Trinajstić information content (AvgIpc) is 3.83. The monoisotopic (exact) mass is 805 g/mol. The van der Waals surface area contributed by atoms with Crippen LogP contribution in [-0.2, 0) is 5.41 Å². The van der Waals surface area contributed by atoms with Gasteiger partial charge in [-0.3, -0.25) is 0 Å². The highest BCUT2D eigenvalue weighted by Gasteiger charge is 2.36. The van der Waals surface area contributed by atoms with Crippen LogP contribution in [0.3, 0.4) is 0 Å². The lowest BCUT2D eigenvalue weighted by Crippen LogP contribution is -2.16. The first-order valence-corrected chi connectivity index (χ1v) is 21.8. The predicted molar refractivity (Wildman–Crippen MR) is 265 cm³/mol. The molecule has 1 heterocycles. The Kier molecular flexibility index (Phi) is 8.55. The second kappa shape index (κ2) is 14.6. The van der Waals surface area contributed by atoms with Crippen LogP contribution in [0, 0.1) is 0 Å². The molecular weight excluding hydrogens is 763 g/mol. The highest BCUT2D eigenvalue weighted by Crippen LogP contribution is 2.52. The molecule has 0 unspecified atom stereocenters. The van der Waals surface area contributed by atoms with Crippen LogP contribution in [0.5, 0.6) is 0 Å². The molecule has 1 aromatic heterocycles. The van der Waals surface area contributed by atoms with E-state index < -0.39 is 0 Å². The normalized spacial score (nSPS) is 12.7. The van der Waals surface area contributed by atoms with E-state index in [9.17, 15) is 0 Å². The minimum atomic E-state index is -0.177. The van der Waals surface area contributed by atoms with Crippen LogP contribution in [0.15, 0.2) is 229 Å². The minimum Gasteiger partial charge on any atom is -0.456 e. The lowest BCUT2D eigenvalue weighted by Gasteiger charge is -2.28. The van der Waals surface area contributed by atoms with Gasteiger partial charge in [-0.2, -0.15) is 0 Å². The Hall–Kier alpha value is -7.94. The summed E-state index contributed by atoms with van der Waals surface area (Å²) in [7, 11) is 0. The Bertz CT molecular complexity index is 3510. The molecule has 63 heavy (non-hydrogen) atoms. The Labute approximate surface area is 368 Å². The molecule has 10 aromatic carbocycles. The van der Waals surface area contributed by atoms with Crippen LogP contribution in [-0.4, -0.2) is 0 Å². The number of hydrogen-bond donors (Lipinski definition) is 0. The summed E-state index contributed by atoms with van der Waals surface area (Å²) < 4.78 is 6.17. The smallest absolute Gasteiger partial charge is 0.135 e. The molecule has 1 aliphatic carbocycles. The molecular formula is C61H43NO. The quantitative estimate of drug-likeness (QED) is 0.160. The molecule has 12 rings (SSSR count). The largest absolute Gasteiger partial charge is 0.456 e.